The van der Waals surface area contributed by atoms with Crippen LogP contribution in [0.25, 0.3) is 0 Å². The van der Waals surface area contributed by atoms with Gasteiger partial charge in [-0.15, -0.1) is 0 Å². The van der Waals surface area contributed by atoms with E-state index >= 15 is 0 Å². The van der Waals surface area contributed by atoms with Crippen LogP contribution in [0, 0.1) is 0 Å². The molecule has 0 spiro atoms. The van der Waals surface area contributed by atoms with E-state index in [-0.39, 0.29) is 0 Å². The number of rotatable bonds is 2. The fraction of sp³-hybridized carbons (Fsp3) is 0.500. The highest BCUT2D eigenvalue weighted by molar-refractivity contribution is 5.29. The Labute approximate surface area is 90.6 Å². The first-order chi connectivity index (χ1) is 7.29. The van der Waals surface area contributed by atoms with Crippen LogP contribution in [-0.2, 0) is 0 Å². The third-order valence-electron chi connectivity index (χ3n) is 2.96. The quantitative estimate of drug-likeness (QED) is 0.770. The molecule has 1 aromatic carbocycles. The maximum absolute atomic E-state index is 5.95. The predicted molar refractivity (Wildman–Crippen MR) is 60.9 cm³/mol. The van der Waals surface area contributed by atoms with Gasteiger partial charge in [-0.05, 0) is 37.1 Å². The van der Waals surface area contributed by atoms with Crippen LogP contribution in [0.4, 0.5) is 0 Å². The van der Waals surface area contributed by atoms with Crippen molar-refractivity contribution in [2.45, 2.75) is 24.9 Å². The molecule has 1 aliphatic rings. The van der Waals surface area contributed by atoms with Crippen molar-refractivity contribution in [3.63, 3.8) is 0 Å². The number of piperidine rings is 1. The Morgan fingerprint density at radius 1 is 1.33 bits per heavy atom. The van der Waals surface area contributed by atoms with E-state index in [1.807, 2.05) is 12.1 Å². The van der Waals surface area contributed by atoms with Crippen molar-refractivity contribution in [2.75, 3.05) is 13.7 Å². The molecule has 0 bridgehead atoms. The highest BCUT2D eigenvalue weighted by Crippen LogP contribution is 2.24. The molecule has 3 heteroatoms. The third kappa shape index (κ3) is 2.49. The Morgan fingerprint density at radius 2 is 2.07 bits per heavy atom. The molecule has 2 rings (SSSR count). The largest absolute Gasteiger partial charge is 0.497 e. The number of hydrogen-bond donors (Lipinski definition) is 2. The van der Waals surface area contributed by atoms with Crippen molar-refractivity contribution in [3.05, 3.63) is 29.8 Å². The second-order valence-electron chi connectivity index (χ2n) is 4.06. The van der Waals surface area contributed by atoms with Gasteiger partial charge in [-0.25, -0.2) is 0 Å². The van der Waals surface area contributed by atoms with E-state index in [1.165, 1.54) is 5.56 Å². The normalized spacial score (nSPS) is 26.3. The van der Waals surface area contributed by atoms with Crippen molar-refractivity contribution in [2.24, 2.45) is 5.73 Å². The van der Waals surface area contributed by atoms with Gasteiger partial charge in [0.25, 0.3) is 0 Å². The maximum Gasteiger partial charge on any atom is 0.118 e. The number of nitrogens with one attached hydrogen (secondary N) is 1. The first kappa shape index (κ1) is 10.5. The molecule has 0 aliphatic carbocycles. The topological polar surface area (TPSA) is 47.3 Å². The molecule has 3 nitrogen and oxygen atoms in total. The monoisotopic (exact) mass is 206 g/mol. The van der Waals surface area contributed by atoms with Gasteiger partial charge in [-0.3, -0.25) is 0 Å². The molecule has 0 aromatic heterocycles. The Bertz CT molecular complexity index is 310. The van der Waals surface area contributed by atoms with E-state index in [0.29, 0.717) is 12.1 Å². The second-order valence-corrected chi connectivity index (χ2v) is 4.06. The van der Waals surface area contributed by atoms with Crippen LogP contribution in [0.15, 0.2) is 24.3 Å². The van der Waals surface area contributed by atoms with Gasteiger partial charge in [0, 0.05) is 12.1 Å². The molecular weight excluding hydrogens is 188 g/mol. The second kappa shape index (κ2) is 4.64. The van der Waals surface area contributed by atoms with Gasteiger partial charge in [0.15, 0.2) is 0 Å². The summed E-state index contributed by atoms with van der Waals surface area (Å²) in [4.78, 5) is 0. The van der Waals surface area contributed by atoms with Gasteiger partial charge < -0.3 is 15.8 Å². The molecule has 2 unspecified atom stereocenters. The van der Waals surface area contributed by atoms with Crippen LogP contribution in [0.2, 0.25) is 0 Å². The average Bonchev–Trinajstić information content (AvgIpc) is 2.29. The molecule has 1 aliphatic heterocycles. The SMILES string of the molecule is COc1ccc(C2CC(N)CCN2)cc1. The van der Waals surface area contributed by atoms with Crippen molar-refractivity contribution in [3.8, 4) is 5.75 Å². The van der Waals surface area contributed by atoms with Crippen LogP contribution < -0.4 is 15.8 Å². The summed E-state index contributed by atoms with van der Waals surface area (Å²) in [6.07, 6.45) is 2.10. The highest BCUT2D eigenvalue weighted by atomic mass is 16.5. The maximum atomic E-state index is 5.95. The lowest BCUT2D eigenvalue weighted by molar-refractivity contribution is 0.368. The molecule has 0 amide bonds. The molecule has 1 saturated heterocycles. The number of hydrogen-bond acceptors (Lipinski definition) is 3. The van der Waals surface area contributed by atoms with E-state index in [1.54, 1.807) is 7.11 Å². The van der Waals surface area contributed by atoms with Gasteiger partial charge in [-0.2, -0.15) is 0 Å². The van der Waals surface area contributed by atoms with E-state index in [4.69, 9.17) is 10.5 Å². The van der Waals surface area contributed by atoms with E-state index < -0.39 is 0 Å². The number of benzene rings is 1. The smallest absolute Gasteiger partial charge is 0.118 e. The van der Waals surface area contributed by atoms with Crippen LogP contribution in [0.5, 0.6) is 5.75 Å². The average molecular weight is 206 g/mol. The summed E-state index contributed by atoms with van der Waals surface area (Å²) in [5, 5.41) is 3.48. The fourth-order valence-corrected chi connectivity index (χ4v) is 2.04. The summed E-state index contributed by atoms with van der Waals surface area (Å²) in [5.41, 5.74) is 7.25. The van der Waals surface area contributed by atoms with Crippen LogP contribution >= 0.6 is 0 Å². The van der Waals surface area contributed by atoms with Crippen molar-refractivity contribution in [1.29, 1.82) is 0 Å². The van der Waals surface area contributed by atoms with Gasteiger partial charge >= 0.3 is 0 Å². The Morgan fingerprint density at radius 3 is 2.67 bits per heavy atom. The molecule has 0 radical (unpaired) electrons. The minimum Gasteiger partial charge on any atom is -0.497 e. The summed E-state index contributed by atoms with van der Waals surface area (Å²) < 4.78 is 5.13. The standard InChI is InChI=1S/C12H18N2O/c1-15-11-4-2-9(3-5-11)12-8-10(13)6-7-14-12/h2-5,10,12,14H,6-8,13H2,1H3. The summed E-state index contributed by atoms with van der Waals surface area (Å²) in [5.74, 6) is 0.902. The van der Waals surface area contributed by atoms with Crippen molar-refractivity contribution >= 4 is 0 Å². The highest BCUT2D eigenvalue weighted by Gasteiger charge is 2.19. The van der Waals surface area contributed by atoms with Gasteiger partial charge in [0.2, 0.25) is 0 Å². The summed E-state index contributed by atoms with van der Waals surface area (Å²) in [6, 6.07) is 8.94. The molecule has 1 aromatic rings. The molecule has 1 heterocycles. The summed E-state index contributed by atoms with van der Waals surface area (Å²) in [6.45, 7) is 1.01. The zero-order valence-electron chi connectivity index (χ0n) is 9.07. The van der Waals surface area contributed by atoms with Gasteiger partial charge in [-0.1, -0.05) is 12.1 Å². The zero-order valence-corrected chi connectivity index (χ0v) is 9.07. The third-order valence-corrected chi connectivity index (χ3v) is 2.96. The van der Waals surface area contributed by atoms with E-state index in [2.05, 4.69) is 17.4 Å². The van der Waals surface area contributed by atoms with Crippen molar-refractivity contribution in [1.82, 2.24) is 5.32 Å². The molecule has 1 fully saturated rings. The first-order valence-electron chi connectivity index (χ1n) is 5.42. The fourth-order valence-electron chi connectivity index (χ4n) is 2.04. The molecular formula is C12H18N2O. The lowest BCUT2D eigenvalue weighted by Gasteiger charge is -2.28. The van der Waals surface area contributed by atoms with Gasteiger partial charge in [0.1, 0.15) is 5.75 Å². The summed E-state index contributed by atoms with van der Waals surface area (Å²) >= 11 is 0. The summed E-state index contributed by atoms with van der Waals surface area (Å²) in [7, 11) is 1.68. The predicted octanol–water partition coefficient (Wildman–Crippen LogP) is 1.45. The molecule has 15 heavy (non-hydrogen) atoms. The Kier molecular flexibility index (Phi) is 3.23. The van der Waals surface area contributed by atoms with Crippen LogP contribution in [0.3, 0.4) is 0 Å². The number of methoxy groups -OCH3 is 1. The number of nitrogens with two attached hydrogens (primary N) is 1. The van der Waals surface area contributed by atoms with E-state index in [9.17, 15) is 0 Å². The minimum absolute atomic E-state index is 0.332. The van der Waals surface area contributed by atoms with Gasteiger partial charge in [0.05, 0.1) is 7.11 Å². The lowest BCUT2D eigenvalue weighted by atomic mass is 9.94. The molecule has 0 saturated carbocycles. The lowest BCUT2D eigenvalue weighted by Crippen LogP contribution is -2.38. The first-order valence-corrected chi connectivity index (χ1v) is 5.42. The van der Waals surface area contributed by atoms with Crippen LogP contribution in [-0.4, -0.2) is 19.7 Å². The molecule has 82 valence electrons. The van der Waals surface area contributed by atoms with Crippen molar-refractivity contribution < 1.29 is 4.74 Å². The zero-order chi connectivity index (χ0) is 10.7. The minimum atomic E-state index is 0.332. The Hall–Kier alpha value is -1.06. The molecule has 3 N–H and O–H groups in total. The molecule has 2 atom stereocenters. The number of ether oxygens (including phenoxy) is 1. The van der Waals surface area contributed by atoms with E-state index in [0.717, 1.165) is 25.1 Å². The van der Waals surface area contributed by atoms with Crippen LogP contribution in [0.1, 0.15) is 24.4 Å². The Balaban J connectivity index is 2.07.